The first-order valence-corrected chi connectivity index (χ1v) is 7.88. The van der Waals surface area contributed by atoms with Crippen LogP contribution in [0.25, 0.3) is 0 Å². The second-order valence-corrected chi connectivity index (χ2v) is 7.40. The van der Waals surface area contributed by atoms with Crippen LogP contribution in [0, 0.1) is 26.9 Å². The highest BCUT2D eigenvalue weighted by atomic mass is 16.6. The molecule has 0 saturated heterocycles. The molecule has 2 aliphatic carbocycles. The van der Waals surface area contributed by atoms with Crippen molar-refractivity contribution in [3.05, 3.63) is 39.9 Å². The van der Waals surface area contributed by atoms with Crippen LogP contribution >= 0.6 is 0 Å². The molecular weight excluding hydrogens is 294 g/mol. The smallest absolute Gasteiger partial charge is 0.267 e. The highest BCUT2D eigenvalue weighted by Crippen LogP contribution is 2.60. The van der Waals surface area contributed by atoms with Crippen molar-refractivity contribution in [2.75, 3.05) is 0 Å². The summed E-state index contributed by atoms with van der Waals surface area (Å²) in [6.45, 7) is 6.52. The number of amides is 1. The predicted octanol–water partition coefficient (Wildman–Crippen LogP) is 3.53. The molecule has 2 aliphatic rings. The number of hydrazone groups is 1. The maximum atomic E-state index is 12.3. The Labute approximate surface area is 135 Å². The molecule has 2 fully saturated rings. The average molecular weight is 315 g/mol. The molecular formula is C17H21N3O3. The van der Waals surface area contributed by atoms with E-state index in [9.17, 15) is 14.9 Å². The van der Waals surface area contributed by atoms with E-state index >= 15 is 0 Å². The lowest BCUT2D eigenvalue weighted by Crippen LogP contribution is -2.38. The molecule has 6 nitrogen and oxygen atoms in total. The molecule has 0 radical (unpaired) electrons. The summed E-state index contributed by atoms with van der Waals surface area (Å²) >= 11 is 0. The monoisotopic (exact) mass is 315 g/mol. The third kappa shape index (κ3) is 2.42. The Hall–Kier alpha value is -2.24. The van der Waals surface area contributed by atoms with Gasteiger partial charge in [-0.3, -0.25) is 14.9 Å². The van der Waals surface area contributed by atoms with E-state index < -0.39 is 10.8 Å². The van der Waals surface area contributed by atoms with Gasteiger partial charge in [0.25, 0.3) is 11.6 Å². The average Bonchev–Trinajstić information content (AvgIpc) is 2.97. The van der Waals surface area contributed by atoms with E-state index in [1.807, 2.05) is 0 Å². The molecule has 122 valence electrons. The van der Waals surface area contributed by atoms with Gasteiger partial charge >= 0.3 is 0 Å². The topological polar surface area (TPSA) is 84.6 Å². The fraction of sp³-hybridized carbons (Fsp3) is 0.529. The quantitative estimate of drug-likeness (QED) is 0.684. The van der Waals surface area contributed by atoms with E-state index in [1.165, 1.54) is 18.6 Å². The fourth-order valence-corrected chi connectivity index (χ4v) is 4.31. The van der Waals surface area contributed by atoms with Gasteiger partial charge in [-0.05, 0) is 31.2 Å². The molecule has 0 spiro atoms. The zero-order valence-electron chi connectivity index (χ0n) is 13.6. The SMILES string of the molecule is CC12CCC(C1)C(C)(C)/C2=N\NC(=O)c1ccccc1[N+](=O)[O-]. The Morgan fingerprint density at radius 2 is 2.04 bits per heavy atom. The molecule has 6 heteroatoms. The second-order valence-electron chi connectivity index (χ2n) is 7.40. The molecule has 1 N–H and O–H groups in total. The van der Waals surface area contributed by atoms with Gasteiger partial charge in [-0.15, -0.1) is 0 Å². The normalized spacial score (nSPS) is 29.7. The number of rotatable bonds is 3. The number of para-hydroxylation sites is 1. The van der Waals surface area contributed by atoms with Crippen LogP contribution in [0.1, 0.15) is 50.4 Å². The van der Waals surface area contributed by atoms with E-state index in [-0.39, 0.29) is 22.1 Å². The molecule has 0 aromatic heterocycles. The van der Waals surface area contributed by atoms with Gasteiger partial charge in [-0.2, -0.15) is 5.10 Å². The largest absolute Gasteiger partial charge is 0.282 e. The van der Waals surface area contributed by atoms with Crippen molar-refractivity contribution in [1.29, 1.82) is 0 Å². The lowest BCUT2D eigenvalue weighted by atomic mass is 9.71. The summed E-state index contributed by atoms with van der Waals surface area (Å²) in [5.41, 5.74) is 3.38. The zero-order chi connectivity index (χ0) is 16.8. The van der Waals surface area contributed by atoms with Crippen molar-refractivity contribution in [2.45, 2.75) is 40.0 Å². The molecule has 2 atom stereocenters. The Morgan fingerprint density at radius 1 is 1.35 bits per heavy atom. The summed E-state index contributed by atoms with van der Waals surface area (Å²) in [6, 6.07) is 5.92. The molecule has 2 saturated carbocycles. The Morgan fingerprint density at radius 3 is 2.65 bits per heavy atom. The lowest BCUT2D eigenvalue weighted by molar-refractivity contribution is -0.385. The van der Waals surface area contributed by atoms with Crippen molar-refractivity contribution in [2.24, 2.45) is 21.8 Å². The number of carbonyl (C=O) groups is 1. The van der Waals surface area contributed by atoms with E-state index in [2.05, 4.69) is 31.3 Å². The van der Waals surface area contributed by atoms with Crippen LogP contribution in [0.4, 0.5) is 5.69 Å². The van der Waals surface area contributed by atoms with Crippen molar-refractivity contribution < 1.29 is 9.72 Å². The standard InChI is InChI=1S/C17H21N3O3/c1-16(2)11-8-9-17(3,10-11)15(16)19-18-14(21)12-6-4-5-7-13(12)20(22)23/h4-7,11H,8-10H2,1-3H3,(H,18,21)/b19-15+. The lowest BCUT2D eigenvalue weighted by Gasteiger charge is -2.35. The molecule has 1 aromatic carbocycles. The van der Waals surface area contributed by atoms with Gasteiger partial charge in [0.15, 0.2) is 0 Å². The summed E-state index contributed by atoms with van der Waals surface area (Å²) in [5, 5.41) is 15.4. The van der Waals surface area contributed by atoms with Crippen molar-refractivity contribution >= 4 is 17.3 Å². The van der Waals surface area contributed by atoms with Gasteiger partial charge in [0.2, 0.25) is 0 Å². The van der Waals surface area contributed by atoms with Gasteiger partial charge in [-0.1, -0.05) is 32.9 Å². The van der Waals surface area contributed by atoms with Crippen LogP contribution in [-0.4, -0.2) is 16.5 Å². The number of hydrogen-bond acceptors (Lipinski definition) is 4. The number of nitro benzene ring substituents is 1. The third-order valence-electron chi connectivity index (χ3n) is 5.56. The maximum absolute atomic E-state index is 12.3. The first-order chi connectivity index (χ1) is 10.8. The van der Waals surface area contributed by atoms with Crippen molar-refractivity contribution in [3.63, 3.8) is 0 Å². The molecule has 2 unspecified atom stereocenters. The van der Waals surface area contributed by atoms with Gasteiger partial charge < -0.3 is 0 Å². The molecule has 3 rings (SSSR count). The Balaban J connectivity index is 1.86. The number of nitrogens with zero attached hydrogens (tertiary/aromatic N) is 2. The fourth-order valence-electron chi connectivity index (χ4n) is 4.31. The highest BCUT2D eigenvalue weighted by Gasteiger charge is 2.57. The van der Waals surface area contributed by atoms with Gasteiger partial charge in [0.1, 0.15) is 5.56 Å². The number of hydrogen-bond donors (Lipinski definition) is 1. The summed E-state index contributed by atoms with van der Waals surface area (Å²) in [6.07, 6.45) is 3.38. The number of fused-ring (bicyclic) bond motifs is 2. The number of nitrogens with one attached hydrogen (secondary N) is 1. The van der Waals surface area contributed by atoms with E-state index in [4.69, 9.17) is 0 Å². The molecule has 1 aromatic rings. The van der Waals surface area contributed by atoms with Crippen molar-refractivity contribution in [3.8, 4) is 0 Å². The highest BCUT2D eigenvalue weighted by molar-refractivity contribution is 6.01. The zero-order valence-corrected chi connectivity index (χ0v) is 13.6. The molecule has 0 aliphatic heterocycles. The summed E-state index contributed by atoms with van der Waals surface area (Å²) in [4.78, 5) is 22.8. The van der Waals surface area contributed by atoms with Crippen molar-refractivity contribution in [1.82, 2.24) is 5.43 Å². The minimum absolute atomic E-state index is 0.0318. The van der Waals surface area contributed by atoms with Crippen LogP contribution < -0.4 is 5.43 Å². The molecule has 1 amide bonds. The van der Waals surface area contributed by atoms with Crippen LogP contribution in [0.15, 0.2) is 29.4 Å². The van der Waals surface area contributed by atoms with E-state index in [1.54, 1.807) is 12.1 Å². The van der Waals surface area contributed by atoms with Crippen LogP contribution in [0.2, 0.25) is 0 Å². The molecule has 2 bridgehead atoms. The Kier molecular flexibility index (Phi) is 3.50. The van der Waals surface area contributed by atoms with E-state index in [0.717, 1.165) is 18.6 Å². The summed E-state index contributed by atoms with van der Waals surface area (Å²) in [5.74, 6) is 0.0567. The number of carbonyl (C=O) groups excluding carboxylic acids is 1. The maximum Gasteiger partial charge on any atom is 0.282 e. The number of nitro groups is 1. The summed E-state index contributed by atoms with van der Waals surface area (Å²) in [7, 11) is 0. The van der Waals surface area contributed by atoms with Crippen LogP contribution in [-0.2, 0) is 0 Å². The first-order valence-electron chi connectivity index (χ1n) is 7.88. The summed E-state index contributed by atoms with van der Waals surface area (Å²) < 4.78 is 0. The minimum Gasteiger partial charge on any atom is -0.267 e. The first kappa shape index (κ1) is 15.6. The molecule has 0 heterocycles. The Bertz CT molecular complexity index is 704. The minimum atomic E-state index is -0.551. The second kappa shape index (κ2) is 5.15. The third-order valence-corrected chi connectivity index (χ3v) is 5.56. The van der Waals surface area contributed by atoms with Crippen LogP contribution in [0.5, 0.6) is 0 Å². The van der Waals surface area contributed by atoms with Gasteiger partial charge in [0.05, 0.1) is 10.6 Å². The van der Waals surface area contributed by atoms with E-state index in [0.29, 0.717) is 5.92 Å². The van der Waals surface area contributed by atoms with Gasteiger partial charge in [-0.25, -0.2) is 5.43 Å². The number of benzene rings is 1. The van der Waals surface area contributed by atoms with Gasteiger partial charge in [0, 0.05) is 16.9 Å². The predicted molar refractivity (Wildman–Crippen MR) is 87.2 cm³/mol. The van der Waals surface area contributed by atoms with Crippen LogP contribution in [0.3, 0.4) is 0 Å². The molecule has 23 heavy (non-hydrogen) atoms.